The summed E-state index contributed by atoms with van der Waals surface area (Å²) >= 11 is 0. The first kappa shape index (κ1) is 11.9. The number of fused-ring (bicyclic) bond motifs is 2. The van der Waals surface area contributed by atoms with Gasteiger partial charge in [-0.1, -0.05) is 37.1 Å². The van der Waals surface area contributed by atoms with Crippen LogP contribution in [0.2, 0.25) is 0 Å². The Labute approximate surface area is 118 Å². The second kappa shape index (κ2) is 4.08. The van der Waals surface area contributed by atoms with Gasteiger partial charge in [0.2, 0.25) is 0 Å². The number of hydrogen-bond acceptors (Lipinski definition) is 2. The van der Waals surface area contributed by atoms with Gasteiger partial charge in [0, 0.05) is 6.04 Å². The van der Waals surface area contributed by atoms with E-state index in [4.69, 9.17) is 0 Å². The lowest BCUT2D eigenvalue weighted by atomic mass is 9.91. The quantitative estimate of drug-likeness (QED) is 0.796. The van der Waals surface area contributed by atoms with Gasteiger partial charge >= 0.3 is 6.03 Å². The van der Waals surface area contributed by atoms with Gasteiger partial charge in [-0.3, -0.25) is 9.69 Å². The van der Waals surface area contributed by atoms with Gasteiger partial charge in [-0.25, -0.2) is 4.79 Å². The SMILES string of the molecule is O=C1NC2(CCc3ccccc32)C(=O)N1C1CCCC1. The maximum atomic E-state index is 12.9. The van der Waals surface area contributed by atoms with E-state index in [1.807, 2.05) is 18.2 Å². The maximum absolute atomic E-state index is 12.9. The standard InChI is InChI=1S/C16H18N2O2/c19-14-16(10-9-11-5-1-4-8-13(11)16)17-15(20)18(14)12-6-2-3-7-12/h1,4-5,8,12H,2-3,6-7,9-10H2,(H,17,20). The minimum absolute atomic E-state index is 0.0284. The van der Waals surface area contributed by atoms with Crippen LogP contribution in [0.3, 0.4) is 0 Å². The van der Waals surface area contributed by atoms with Crippen LogP contribution < -0.4 is 5.32 Å². The van der Waals surface area contributed by atoms with Gasteiger partial charge in [-0.2, -0.15) is 0 Å². The lowest BCUT2D eigenvalue weighted by Crippen LogP contribution is -2.43. The molecule has 1 atom stereocenters. The highest BCUT2D eigenvalue weighted by Gasteiger charge is 2.56. The molecule has 1 aromatic rings. The molecule has 0 bridgehead atoms. The molecule has 3 aliphatic rings. The van der Waals surface area contributed by atoms with Gasteiger partial charge in [-0.15, -0.1) is 0 Å². The highest BCUT2D eigenvalue weighted by Crippen LogP contribution is 2.42. The number of nitrogens with one attached hydrogen (secondary N) is 1. The second-order valence-corrected chi connectivity index (χ2v) is 6.11. The highest BCUT2D eigenvalue weighted by molar-refractivity contribution is 6.08. The number of imide groups is 1. The van der Waals surface area contributed by atoms with Crippen LogP contribution in [-0.2, 0) is 16.8 Å². The molecule has 1 heterocycles. The molecule has 104 valence electrons. The first-order valence-electron chi connectivity index (χ1n) is 7.46. The molecule has 20 heavy (non-hydrogen) atoms. The lowest BCUT2D eigenvalue weighted by molar-refractivity contribution is -0.133. The fourth-order valence-electron chi connectivity index (χ4n) is 4.05. The van der Waals surface area contributed by atoms with E-state index in [1.54, 1.807) is 0 Å². The zero-order valence-electron chi connectivity index (χ0n) is 11.4. The summed E-state index contributed by atoms with van der Waals surface area (Å²) in [4.78, 5) is 26.8. The van der Waals surface area contributed by atoms with Crippen LogP contribution in [0, 0.1) is 0 Å². The van der Waals surface area contributed by atoms with E-state index in [9.17, 15) is 9.59 Å². The molecule has 1 saturated heterocycles. The Hall–Kier alpha value is -1.84. The fraction of sp³-hybridized carbons (Fsp3) is 0.500. The molecular weight excluding hydrogens is 252 g/mol. The molecule has 3 amide bonds. The summed E-state index contributed by atoms with van der Waals surface area (Å²) in [6, 6.07) is 7.89. The van der Waals surface area contributed by atoms with Crippen molar-refractivity contribution >= 4 is 11.9 Å². The topological polar surface area (TPSA) is 49.4 Å². The van der Waals surface area contributed by atoms with Crippen LogP contribution >= 0.6 is 0 Å². The zero-order valence-corrected chi connectivity index (χ0v) is 11.4. The molecular formula is C16H18N2O2. The van der Waals surface area contributed by atoms with Crippen molar-refractivity contribution in [3.05, 3.63) is 35.4 Å². The van der Waals surface area contributed by atoms with Gasteiger partial charge in [0.25, 0.3) is 5.91 Å². The van der Waals surface area contributed by atoms with Gasteiger partial charge in [0.1, 0.15) is 5.54 Å². The Morgan fingerprint density at radius 3 is 2.70 bits per heavy atom. The number of nitrogens with zero attached hydrogens (tertiary/aromatic N) is 1. The van der Waals surface area contributed by atoms with E-state index in [-0.39, 0.29) is 18.0 Å². The average molecular weight is 270 g/mol. The normalized spacial score (nSPS) is 29.3. The molecule has 0 radical (unpaired) electrons. The molecule has 1 spiro atoms. The van der Waals surface area contributed by atoms with Gasteiger partial charge < -0.3 is 5.32 Å². The third kappa shape index (κ3) is 1.42. The molecule has 2 fully saturated rings. The van der Waals surface area contributed by atoms with Crippen LogP contribution in [0.5, 0.6) is 0 Å². The predicted molar refractivity (Wildman–Crippen MR) is 74.1 cm³/mol. The van der Waals surface area contributed by atoms with Crippen LogP contribution in [0.4, 0.5) is 4.79 Å². The number of carbonyl (C=O) groups is 2. The van der Waals surface area contributed by atoms with Gasteiger partial charge in [0.05, 0.1) is 0 Å². The molecule has 4 nitrogen and oxygen atoms in total. The summed E-state index contributed by atoms with van der Waals surface area (Å²) in [5.41, 5.74) is 1.41. The Balaban J connectivity index is 1.75. The Morgan fingerprint density at radius 1 is 1.15 bits per heavy atom. The Morgan fingerprint density at radius 2 is 1.90 bits per heavy atom. The molecule has 1 aliphatic heterocycles. The molecule has 1 unspecified atom stereocenters. The molecule has 1 aromatic carbocycles. The number of hydrogen-bond donors (Lipinski definition) is 1. The van der Waals surface area contributed by atoms with Crippen LogP contribution in [0.15, 0.2) is 24.3 Å². The van der Waals surface area contributed by atoms with E-state index in [0.29, 0.717) is 6.42 Å². The third-order valence-electron chi connectivity index (χ3n) is 5.06. The first-order valence-corrected chi connectivity index (χ1v) is 7.46. The van der Waals surface area contributed by atoms with Crippen molar-refractivity contribution in [2.24, 2.45) is 0 Å². The molecule has 0 aromatic heterocycles. The number of carbonyl (C=O) groups excluding carboxylic acids is 2. The zero-order chi connectivity index (χ0) is 13.7. The lowest BCUT2D eigenvalue weighted by Gasteiger charge is -2.24. The van der Waals surface area contributed by atoms with Crippen molar-refractivity contribution in [3.63, 3.8) is 0 Å². The number of urea groups is 1. The monoisotopic (exact) mass is 270 g/mol. The highest BCUT2D eigenvalue weighted by atomic mass is 16.2. The number of amides is 3. The number of benzene rings is 1. The fourth-order valence-corrected chi connectivity index (χ4v) is 4.05. The number of rotatable bonds is 1. The van der Waals surface area contributed by atoms with Crippen molar-refractivity contribution < 1.29 is 9.59 Å². The van der Waals surface area contributed by atoms with Gasteiger partial charge in [-0.05, 0) is 36.8 Å². The van der Waals surface area contributed by atoms with Crippen molar-refractivity contribution in [2.45, 2.75) is 50.1 Å². The molecule has 1 N–H and O–H groups in total. The summed E-state index contributed by atoms with van der Waals surface area (Å²) < 4.78 is 0. The van der Waals surface area contributed by atoms with Crippen LogP contribution in [-0.4, -0.2) is 22.9 Å². The second-order valence-electron chi connectivity index (χ2n) is 6.11. The molecule has 2 aliphatic carbocycles. The van der Waals surface area contributed by atoms with E-state index in [1.165, 1.54) is 10.5 Å². The summed E-state index contributed by atoms with van der Waals surface area (Å²) in [6.07, 6.45) is 5.70. The summed E-state index contributed by atoms with van der Waals surface area (Å²) in [7, 11) is 0. The minimum atomic E-state index is -0.781. The maximum Gasteiger partial charge on any atom is 0.325 e. The smallest absolute Gasteiger partial charge is 0.319 e. The van der Waals surface area contributed by atoms with E-state index < -0.39 is 5.54 Å². The molecule has 4 heteroatoms. The Bertz CT molecular complexity index is 592. The molecule has 4 rings (SSSR count). The van der Waals surface area contributed by atoms with Crippen molar-refractivity contribution in [1.29, 1.82) is 0 Å². The minimum Gasteiger partial charge on any atom is -0.319 e. The van der Waals surface area contributed by atoms with Crippen LogP contribution in [0.25, 0.3) is 0 Å². The third-order valence-corrected chi connectivity index (χ3v) is 5.06. The average Bonchev–Trinajstić information content (AvgIpc) is 3.13. The summed E-state index contributed by atoms with van der Waals surface area (Å²) in [5.74, 6) is -0.0284. The first-order chi connectivity index (χ1) is 9.72. The predicted octanol–water partition coefficient (Wildman–Crippen LogP) is 2.32. The summed E-state index contributed by atoms with van der Waals surface area (Å²) in [5, 5.41) is 3.00. The molecule has 1 saturated carbocycles. The van der Waals surface area contributed by atoms with Crippen molar-refractivity contribution in [1.82, 2.24) is 10.2 Å². The van der Waals surface area contributed by atoms with Crippen LogP contribution in [0.1, 0.15) is 43.2 Å². The van der Waals surface area contributed by atoms with Crippen molar-refractivity contribution in [2.75, 3.05) is 0 Å². The van der Waals surface area contributed by atoms with E-state index in [2.05, 4.69) is 11.4 Å². The van der Waals surface area contributed by atoms with Gasteiger partial charge in [0.15, 0.2) is 0 Å². The number of aryl methyl sites for hydroxylation is 1. The van der Waals surface area contributed by atoms with Crippen molar-refractivity contribution in [3.8, 4) is 0 Å². The Kier molecular flexibility index (Phi) is 2.43. The largest absolute Gasteiger partial charge is 0.325 e. The summed E-state index contributed by atoms with van der Waals surface area (Å²) in [6.45, 7) is 0. The van der Waals surface area contributed by atoms with E-state index in [0.717, 1.165) is 37.7 Å². The van der Waals surface area contributed by atoms with E-state index >= 15 is 0 Å².